The van der Waals surface area contributed by atoms with Gasteiger partial charge >= 0.3 is 5.97 Å². The first kappa shape index (κ1) is 12.3. The zero-order chi connectivity index (χ0) is 13.0. The number of hydrogen-bond donors (Lipinski definition) is 3. The monoisotopic (exact) mass is 250 g/mol. The second-order valence-electron chi connectivity index (χ2n) is 4.08. The first-order valence-electron chi connectivity index (χ1n) is 5.74. The summed E-state index contributed by atoms with van der Waals surface area (Å²) in [5, 5.41) is 14.4. The minimum absolute atomic E-state index is 0.0948. The van der Waals surface area contributed by atoms with Crippen LogP contribution in [0.25, 0.3) is 0 Å². The van der Waals surface area contributed by atoms with Crippen molar-refractivity contribution in [3.63, 3.8) is 0 Å². The Balaban J connectivity index is 1.69. The van der Waals surface area contributed by atoms with Gasteiger partial charge in [0.05, 0.1) is 12.4 Å². The number of aromatic carboxylic acids is 1. The zero-order valence-electron chi connectivity index (χ0n) is 9.72. The number of carbonyl (C=O) groups is 2. The molecule has 1 aromatic heterocycles. The summed E-state index contributed by atoms with van der Waals surface area (Å²) in [5.74, 6) is -0.310. The molecule has 1 amide bonds. The van der Waals surface area contributed by atoms with E-state index in [1.54, 1.807) is 0 Å². The standard InChI is InChI=1S/C11H14N4O3/c16-10(7-1-2-7)13-4-3-12-9-6-14-8(5-15-9)11(17)18/h5-7H,1-4H2,(H,12,15)(H,13,16)(H,17,18). The highest BCUT2D eigenvalue weighted by atomic mass is 16.4. The lowest BCUT2D eigenvalue weighted by Gasteiger charge is -2.06. The van der Waals surface area contributed by atoms with Crippen molar-refractivity contribution in [3.8, 4) is 0 Å². The lowest BCUT2D eigenvalue weighted by molar-refractivity contribution is -0.122. The van der Waals surface area contributed by atoms with Gasteiger partial charge in [0.2, 0.25) is 5.91 Å². The third-order valence-corrected chi connectivity index (χ3v) is 2.55. The molecule has 0 atom stereocenters. The molecule has 1 heterocycles. The van der Waals surface area contributed by atoms with E-state index in [0.29, 0.717) is 18.9 Å². The number of anilines is 1. The summed E-state index contributed by atoms with van der Waals surface area (Å²) in [6, 6.07) is 0. The highest BCUT2D eigenvalue weighted by Gasteiger charge is 2.28. The number of carboxylic acids is 1. The third-order valence-electron chi connectivity index (χ3n) is 2.55. The molecule has 0 bridgehead atoms. The van der Waals surface area contributed by atoms with Gasteiger partial charge in [-0.05, 0) is 12.8 Å². The van der Waals surface area contributed by atoms with Crippen LogP contribution in [0.2, 0.25) is 0 Å². The number of aromatic nitrogens is 2. The van der Waals surface area contributed by atoms with Crippen LogP contribution in [-0.4, -0.2) is 40.0 Å². The topological polar surface area (TPSA) is 104 Å². The Morgan fingerprint density at radius 1 is 1.28 bits per heavy atom. The van der Waals surface area contributed by atoms with Gasteiger partial charge in [0.25, 0.3) is 0 Å². The van der Waals surface area contributed by atoms with Crippen LogP contribution in [-0.2, 0) is 4.79 Å². The highest BCUT2D eigenvalue weighted by Crippen LogP contribution is 2.28. The molecular weight excluding hydrogens is 236 g/mol. The molecule has 0 aliphatic heterocycles. The number of rotatable bonds is 6. The van der Waals surface area contributed by atoms with Gasteiger partial charge in [-0.15, -0.1) is 0 Å². The Bertz CT molecular complexity index is 442. The maximum Gasteiger partial charge on any atom is 0.356 e. The van der Waals surface area contributed by atoms with E-state index in [-0.39, 0.29) is 17.5 Å². The van der Waals surface area contributed by atoms with Crippen LogP contribution < -0.4 is 10.6 Å². The number of nitrogens with one attached hydrogen (secondary N) is 2. The van der Waals surface area contributed by atoms with Gasteiger partial charge < -0.3 is 15.7 Å². The molecule has 0 spiro atoms. The van der Waals surface area contributed by atoms with Gasteiger partial charge in [-0.1, -0.05) is 0 Å². The lowest BCUT2D eigenvalue weighted by Crippen LogP contribution is -2.29. The Labute approximate surface area is 104 Å². The molecule has 0 unspecified atom stereocenters. The summed E-state index contributed by atoms with van der Waals surface area (Å²) in [4.78, 5) is 29.5. The Hall–Kier alpha value is -2.18. The number of nitrogens with zero attached hydrogens (tertiary/aromatic N) is 2. The van der Waals surface area contributed by atoms with Crippen molar-refractivity contribution in [2.45, 2.75) is 12.8 Å². The smallest absolute Gasteiger partial charge is 0.356 e. The van der Waals surface area contributed by atoms with E-state index < -0.39 is 5.97 Å². The average molecular weight is 250 g/mol. The van der Waals surface area contributed by atoms with Gasteiger partial charge in [0, 0.05) is 19.0 Å². The molecule has 3 N–H and O–H groups in total. The predicted octanol–water partition coefficient (Wildman–Crippen LogP) is 0.113. The van der Waals surface area contributed by atoms with Crippen molar-refractivity contribution < 1.29 is 14.7 Å². The van der Waals surface area contributed by atoms with Gasteiger partial charge in [0.1, 0.15) is 5.82 Å². The maximum atomic E-state index is 11.3. The molecule has 2 rings (SSSR count). The number of amides is 1. The molecule has 1 fully saturated rings. The summed E-state index contributed by atoms with van der Waals surface area (Å²) in [5.41, 5.74) is -0.0948. The quantitative estimate of drug-likeness (QED) is 0.619. The van der Waals surface area contributed by atoms with E-state index in [1.165, 1.54) is 12.4 Å². The van der Waals surface area contributed by atoms with E-state index >= 15 is 0 Å². The Morgan fingerprint density at radius 2 is 2.06 bits per heavy atom. The summed E-state index contributed by atoms with van der Waals surface area (Å²) in [6.45, 7) is 1.04. The molecule has 1 aliphatic carbocycles. The molecule has 7 heteroatoms. The first-order chi connectivity index (χ1) is 8.66. The van der Waals surface area contributed by atoms with E-state index in [9.17, 15) is 9.59 Å². The van der Waals surface area contributed by atoms with Crippen LogP contribution in [0.1, 0.15) is 23.3 Å². The van der Waals surface area contributed by atoms with E-state index in [1.807, 2.05) is 0 Å². The molecule has 1 saturated carbocycles. The maximum absolute atomic E-state index is 11.3. The summed E-state index contributed by atoms with van der Waals surface area (Å²) in [6.07, 6.45) is 4.52. The van der Waals surface area contributed by atoms with E-state index in [4.69, 9.17) is 5.11 Å². The first-order valence-corrected chi connectivity index (χ1v) is 5.74. The van der Waals surface area contributed by atoms with Gasteiger partial charge in [-0.2, -0.15) is 0 Å². The normalized spacial score (nSPS) is 14.0. The van der Waals surface area contributed by atoms with Crippen LogP contribution >= 0.6 is 0 Å². The lowest BCUT2D eigenvalue weighted by atomic mass is 10.4. The molecule has 18 heavy (non-hydrogen) atoms. The van der Waals surface area contributed by atoms with Crippen molar-refractivity contribution >= 4 is 17.7 Å². The largest absolute Gasteiger partial charge is 0.476 e. The number of carboxylic acid groups (broad SMARTS) is 1. The van der Waals surface area contributed by atoms with Crippen LogP contribution in [0.5, 0.6) is 0 Å². The second kappa shape index (κ2) is 5.44. The van der Waals surface area contributed by atoms with Crippen LogP contribution in [0.15, 0.2) is 12.4 Å². The molecule has 0 saturated heterocycles. The second-order valence-corrected chi connectivity index (χ2v) is 4.08. The van der Waals surface area contributed by atoms with Crippen LogP contribution in [0.4, 0.5) is 5.82 Å². The fraction of sp³-hybridized carbons (Fsp3) is 0.455. The summed E-state index contributed by atoms with van der Waals surface area (Å²) < 4.78 is 0. The van der Waals surface area contributed by atoms with Gasteiger partial charge in [-0.3, -0.25) is 4.79 Å². The van der Waals surface area contributed by atoms with Crippen molar-refractivity contribution in [3.05, 3.63) is 18.1 Å². The minimum Gasteiger partial charge on any atom is -0.476 e. The van der Waals surface area contributed by atoms with E-state index in [0.717, 1.165) is 12.8 Å². The predicted molar refractivity (Wildman–Crippen MR) is 63.2 cm³/mol. The molecule has 96 valence electrons. The molecule has 1 aliphatic rings. The van der Waals surface area contributed by atoms with Crippen LogP contribution in [0.3, 0.4) is 0 Å². The van der Waals surface area contributed by atoms with Crippen LogP contribution in [0, 0.1) is 5.92 Å². The van der Waals surface area contributed by atoms with Crippen molar-refractivity contribution in [1.29, 1.82) is 0 Å². The number of hydrogen-bond acceptors (Lipinski definition) is 5. The van der Waals surface area contributed by atoms with Gasteiger partial charge in [0.15, 0.2) is 5.69 Å². The SMILES string of the molecule is O=C(O)c1cnc(NCCNC(=O)C2CC2)cn1. The molecule has 7 nitrogen and oxygen atoms in total. The molecule has 1 aromatic rings. The molecular formula is C11H14N4O3. The highest BCUT2D eigenvalue weighted by molar-refractivity contribution is 5.84. The third kappa shape index (κ3) is 3.41. The summed E-state index contributed by atoms with van der Waals surface area (Å²) in [7, 11) is 0. The summed E-state index contributed by atoms with van der Waals surface area (Å²) >= 11 is 0. The van der Waals surface area contributed by atoms with Gasteiger partial charge in [-0.25, -0.2) is 14.8 Å². The zero-order valence-corrected chi connectivity index (χ0v) is 9.72. The van der Waals surface area contributed by atoms with Crippen molar-refractivity contribution in [2.24, 2.45) is 5.92 Å². The number of carbonyl (C=O) groups excluding carboxylic acids is 1. The fourth-order valence-corrected chi connectivity index (χ4v) is 1.40. The van der Waals surface area contributed by atoms with Crippen molar-refractivity contribution in [1.82, 2.24) is 15.3 Å². The minimum atomic E-state index is -1.11. The molecule has 0 radical (unpaired) electrons. The fourth-order valence-electron chi connectivity index (χ4n) is 1.40. The van der Waals surface area contributed by atoms with E-state index in [2.05, 4.69) is 20.6 Å². The molecule has 0 aromatic carbocycles. The van der Waals surface area contributed by atoms with Crippen molar-refractivity contribution in [2.75, 3.05) is 18.4 Å². The Morgan fingerprint density at radius 3 is 2.61 bits per heavy atom. The Kier molecular flexibility index (Phi) is 3.71. The average Bonchev–Trinajstić information content (AvgIpc) is 3.19.